The number of hydrogen-bond donors (Lipinski definition) is 0. The Hall–Kier alpha value is -1.46. The summed E-state index contributed by atoms with van der Waals surface area (Å²) in [4.78, 5) is 5.16. The van der Waals surface area contributed by atoms with E-state index in [0.29, 0.717) is 12.1 Å². The van der Waals surface area contributed by atoms with Gasteiger partial charge in [0.05, 0.1) is 0 Å². The van der Waals surface area contributed by atoms with Crippen LogP contribution in [0.1, 0.15) is 18.4 Å². The van der Waals surface area contributed by atoms with Crippen LogP contribution in [0.2, 0.25) is 0 Å². The van der Waals surface area contributed by atoms with Crippen LogP contribution >= 0.6 is 11.3 Å². The van der Waals surface area contributed by atoms with Crippen LogP contribution in [0.15, 0.2) is 35.8 Å². The summed E-state index contributed by atoms with van der Waals surface area (Å²) < 4.78 is 0. The molecule has 0 spiro atoms. The van der Waals surface area contributed by atoms with Crippen molar-refractivity contribution < 1.29 is 0 Å². The van der Waals surface area contributed by atoms with Gasteiger partial charge in [-0.25, -0.2) is 0 Å². The predicted octanol–water partition coefficient (Wildman–Crippen LogP) is 2.43. The Balaban J connectivity index is 1.39. The highest BCUT2D eigenvalue weighted by molar-refractivity contribution is 7.13. The zero-order valence-electron chi connectivity index (χ0n) is 12.1. The van der Waals surface area contributed by atoms with Crippen LogP contribution in [0.4, 0.5) is 5.13 Å². The summed E-state index contributed by atoms with van der Waals surface area (Å²) in [7, 11) is 0. The Morgan fingerprint density at radius 3 is 2.76 bits per heavy atom. The fraction of sp³-hybridized carbons (Fsp3) is 0.500. The Kier molecular flexibility index (Phi) is 3.61. The lowest BCUT2D eigenvalue weighted by atomic mass is 10.1. The molecule has 0 bridgehead atoms. The minimum Gasteiger partial charge on any atom is -0.342 e. The van der Waals surface area contributed by atoms with Gasteiger partial charge in [0.2, 0.25) is 5.13 Å². The average Bonchev–Trinajstić information content (AvgIpc) is 3.23. The van der Waals surface area contributed by atoms with E-state index in [1.165, 1.54) is 31.5 Å². The molecule has 0 aliphatic carbocycles. The largest absolute Gasteiger partial charge is 0.342 e. The normalized spacial score (nSPS) is 25.4. The van der Waals surface area contributed by atoms with Crippen LogP contribution in [0, 0.1) is 0 Å². The van der Waals surface area contributed by atoms with E-state index in [1.54, 1.807) is 11.3 Å². The molecule has 0 radical (unpaired) electrons. The Labute approximate surface area is 129 Å². The molecule has 0 amide bonds. The van der Waals surface area contributed by atoms with Crippen molar-refractivity contribution in [1.29, 1.82) is 0 Å². The van der Waals surface area contributed by atoms with Gasteiger partial charge in [-0.3, -0.25) is 4.90 Å². The zero-order chi connectivity index (χ0) is 14.1. The van der Waals surface area contributed by atoms with Gasteiger partial charge in [-0.05, 0) is 24.8 Å². The fourth-order valence-electron chi connectivity index (χ4n) is 3.80. The summed E-state index contributed by atoms with van der Waals surface area (Å²) in [5, 5.41) is 9.35. The van der Waals surface area contributed by atoms with Gasteiger partial charge in [-0.15, -0.1) is 10.2 Å². The van der Waals surface area contributed by atoms with E-state index in [2.05, 4.69) is 50.3 Å². The molecular formula is C16H20N4S. The maximum atomic E-state index is 4.25. The molecule has 1 aromatic carbocycles. The standard InChI is InChI=1S/C16H20N4S/c1-2-4-13(5-3-1)6-9-19-10-7-15-14(19)8-11-20(15)16-18-17-12-21-16/h1-5,12,14-15H,6-11H2/t14-,15+/m1/s1. The maximum absolute atomic E-state index is 4.25. The number of rotatable bonds is 4. The molecule has 2 atom stereocenters. The van der Waals surface area contributed by atoms with Crippen molar-refractivity contribution in [1.82, 2.24) is 15.1 Å². The van der Waals surface area contributed by atoms with E-state index in [0.717, 1.165) is 18.1 Å². The quantitative estimate of drug-likeness (QED) is 0.868. The minimum absolute atomic E-state index is 0.647. The lowest BCUT2D eigenvalue weighted by Crippen LogP contribution is -2.37. The fourth-order valence-corrected chi connectivity index (χ4v) is 4.45. The summed E-state index contributed by atoms with van der Waals surface area (Å²) in [6.45, 7) is 3.53. The lowest BCUT2D eigenvalue weighted by Gasteiger charge is -2.25. The molecule has 4 rings (SSSR count). The van der Waals surface area contributed by atoms with Gasteiger partial charge in [-0.2, -0.15) is 0 Å². The molecule has 0 saturated carbocycles. The van der Waals surface area contributed by atoms with Gasteiger partial charge in [0.1, 0.15) is 5.51 Å². The first-order chi connectivity index (χ1) is 10.4. The van der Waals surface area contributed by atoms with Crippen molar-refractivity contribution in [2.75, 3.05) is 24.5 Å². The predicted molar refractivity (Wildman–Crippen MR) is 85.8 cm³/mol. The molecule has 0 unspecified atom stereocenters. The number of likely N-dealkylation sites (tertiary alicyclic amines) is 1. The molecule has 5 heteroatoms. The van der Waals surface area contributed by atoms with E-state index in [-0.39, 0.29) is 0 Å². The van der Waals surface area contributed by atoms with E-state index < -0.39 is 0 Å². The molecular weight excluding hydrogens is 280 g/mol. The van der Waals surface area contributed by atoms with Crippen molar-refractivity contribution in [3.8, 4) is 0 Å². The zero-order valence-corrected chi connectivity index (χ0v) is 12.9. The molecule has 1 aromatic heterocycles. The molecule has 4 nitrogen and oxygen atoms in total. The minimum atomic E-state index is 0.647. The van der Waals surface area contributed by atoms with E-state index in [1.807, 2.05) is 5.51 Å². The van der Waals surface area contributed by atoms with E-state index in [4.69, 9.17) is 0 Å². The van der Waals surface area contributed by atoms with Crippen molar-refractivity contribution >= 4 is 16.5 Å². The number of hydrogen-bond acceptors (Lipinski definition) is 5. The number of anilines is 1. The summed E-state index contributed by atoms with van der Waals surface area (Å²) in [6.07, 6.45) is 3.68. The lowest BCUT2D eigenvalue weighted by molar-refractivity contribution is 0.257. The Bertz CT molecular complexity index is 571. The number of aromatic nitrogens is 2. The molecule has 2 aliphatic heterocycles. The number of nitrogens with zero attached hydrogens (tertiary/aromatic N) is 4. The van der Waals surface area contributed by atoms with Gasteiger partial charge < -0.3 is 4.90 Å². The molecule has 0 N–H and O–H groups in total. The average molecular weight is 300 g/mol. The third kappa shape index (κ3) is 2.56. The molecule has 110 valence electrons. The van der Waals surface area contributed by atoms with Crippen LogP contribution in [-0.2, 0) is 6.42 Å². The second-order valence-corrected chi connectivity index (χ2v) is 6.71. The smallest absolute Gasteiger partial charge is 0.208 e. The van der Waals surface area contributed by atoms with Crippen LogP contribution in [0.25, 0.3) is 0 Å². The third-order valence-electron chi connectivity index (χ3n) is 4.82. The number of fused-ring (bicyclic) bond motifs is 1. The summed E-state index contributed by atoms with van der Waals surface area (Å²) >= 11 is 1.67. The van der Waals surface area contributed by atoms with Crippen LogP contribution in [-0.4, -0.2) is 46.8 Å². The third-order valence-corrected chi connectivity index (χ3v) is 5.54. The highest BCUT2D eigenvalue weighted by atomic mass is 32.1. The first-order valence-electron chi connectivity index (χ1n) is 7.72. The van der Waals surface area contributed by atoms with Gasteiger partial charge >= 0.3 is 0 Å². The Morgan fingerprint density at radius 1 is 1.10 bits per heavy atom. The van der Waals surface area contributed by atoms with Crippen molar-refractivity contribution in [2.24, 2.45) is 0 Å². The summed E-state index contributed by atoms with van der Waals surface area (Å²) in [5.41, 5.74) is 3.28. The highest BCUT2D eigenvalue weighted by Crippen LogP contribution is 2.35. The van der Waals surface area contributed by atoms with Gasteiger partial charge in [0.15, 0.2) is 0 Å². The van der Waals surface area contributed by atoms with Crippen LogP contribution < -0.4 is 4.90 Å². The first-order valence-corrected chi connectivity index (χ1v) is 8.60. The van der Waals surface area contributed by atoms with Crippen molar-refractivity contribution in [3.63, 3.8) is 0 Å². The number of benzene rings is 1. The molecule has 3 heterocycles. The first kappa shape index (κ1) is 13.2. The van der Waals surface area contributed by atoms with E-state index in [9.17, 15) is 0 Å². The summed E-state index contributed by atoms with van der Waals surface area (Å²) in [5.74, 6) is 0. The van der Waals surface area contributed by atoms with E-state index >= 15 is 0 Å². The van der Waals surface area contributed by atoms with Crippen molar-refractivity contribution in [2.45, 2.75) is 31.3 Å². The van der Waals surface area contributed by atoms with Crippen molar-refractivity contribution in [3.05, 3.63) is 41.4 Å². The second kappa shape index (κ2) is 5.73. The van der Waals surface area contributed by atoms with Gasteiger partial charge in [0.25, 0.3) is 0 Å². The highest BCUT2D eigenvalue weighted by Gasteiger charge is 2.42. The molecule has 2 saturated heterocycles. The van der Waals surface area contributed by atoms with Crippen LogP contribution in [0.3, 0.4) is 0 Å². The van der Waals surface area contributed by atoms with Gasteiger partial charge in [-0.1, -0.05) is 41.7 Å². The van der Waals surface area contributed by atoms with Crippen LogP contribution in [0.5, 0.6) is 0 Å². The molecule has 2 aliphatic rings. The second-order valence-electron chi connectivity index (χ2n) is 5.90. The molecule has 21 heavy (non-hydrogen) atoms. The van der Waals surface area contributed by atoms with Gasteiger partial charge in [0, 0.05) is 31.7 Å². The monoisotopic (exact) mass is 300 g/mol. The maximum Gasteiger partial charge on any atom is 0.208 e. The summed E-state index contributed by atoms with van der Waals surface area (Å²) in [6, 6.07) is 12.2. The SMILES string of the molecule is c1ccc(CCN2CC[C@H]3[C@H]2CCN3c2nncs2)cc1. The molecule has 2 aromatic rings. The topological polar surface area (TPSA) is 32.3 Å². The Morgan fingerprint density at radius 2 is 1.95 bits per heavy atom. The molecule has 2 fully saturated rings.